The Morgan fingerprint density at radius 2 is 1.81 bits per heavy atom. The molecule has 0 aliphatic carbocycles. The number of hydrogen-bond donors (Lipinski definition) is 0. The first-order valence-electron chi connectivity index (χ1n) is 6.22. The summed E-state index contributed by atoms with van der Waals surface area (Å²) in [5, 5.41) is 21.9. The third kappa shape index (κ3) is 3.13. The fraction of sp³-hybridized carbons (Fsp3) is 0.417. The average molecular weight is 311 g/mol. The number of nitro groups is 2. The van der Waals surface area contributed by atoms with E-state index >= 15 is 0 Å². The molecule has 1 fully saturated rings. The fourth-order valence-corrected chi connectivity index (χ4v) is 3.04. The Morgan fingerprint density at radius 1 is 1.19 bits per heavy atom. The van der Waals surface area contributed by atoms with Crippen LogP contribution in [-0.2, 0) is 0 Å². The van der Waals surface area contributed by atoms with Crippen LogP contribution in [0.15, 0.2) is 12.1 Å². The number of nitro benzene ring substituents is 2. The van der Waals surface area contributed by atoms with Gasteiger partial charge in [0, 0.05) is 36.2 Å². The number of nitrogens with zero attached hydrogens (tertiary/aromatic N) is 3. The highest BCUT2D eigenvalue weighted by Crippen LogP contribution is 2.29. The minimum Gasteiger partial charge on any atom is -0.337 e. The second-order valence-corrected chi connectivity index (χ2v) is 5.78. The maximum atomic E-state index is 12.4. The van der Waals surface area contributed by atoms with Gasteiger partial charge >= 0.3 is 0 Å². The van der Waals surface area contributed by atoms with Crippen LogP contribution < -0.4 is 0 Å². The Kier molecular flexibility index (Phi) is 4.41. The monoisotopic (exact) mass is 311 g/mol. The molecule has 0 saturated carbocycles. The predicted octanol–water partition coefficient (Wildman–Crippen LogP) is 2.00. The number of hydrogen-bond acceptors (Lipinski definition) is 6. The van der Waals surface area contributed by atoms with Crippen LogP contribution in [-0.4, -0.2) is 45.2 Å². The van der Waals surface area contributed by atoms with E-state index < -0.39 is 21.2 Å². The molecule has 0 radical (unpaired) electrons. The van der Waals surface area contributed by atoms with Gasteiger partial charge in [-0.25, -0.2) is 0 Å². The highest BCUT2D eigenvalue weighted by Gasteiger charge is 2.27. The van der Waals surface area contributed by atoms with E-state index in [1.54, 1.807) is 16.7 Å². The van der Waals surface area contributed by atoms with Crippen LogP contribution in [0.5, 0.6) is 0 Å². The SMILES string of the molecule is Cc1c(C(=O)N2CCSCC2)cc([N+](=O)[O-])cc1[N+](=O)[O-]. The summed E-state index contributed by atoms with van der Waals surface area (Å²) in [7, 11) is 0. The molecule has 0 atom stereocenters. The highest BCUT2D eigenvalue weighted by molar-refractivity contribution is 7.99. The maximum absolute atomic E-state index is 12.4. The topological polar surface area (TPSA) is 107 Å². The number of benzene rings is 1. The van der Waals surface area contributed by atoms with E-state index in [-0.39, 0.29) is 17.0 Å². The van der Waals surface area contributed by atoms with Crippen molar-refractivity contribution < 1.29 is 14.6 Å². The number of non-ortho nitro benzene ring substituents is 1. The van der Waals surface area contributed by atoms with E-state index in [9.17, 15) is 25.0 Å². The molecule has 1 aliphatic rings. The van der Waals surface area contributed by atoms with Gasteiger partial charge in [0.25, 0.3) is 17.3 Å². The number of carbonyl (C=O) groups excluding carboxylic acids is 1. The lowest BCUT2D eigenvalue weighted by molar-refractivity contribution is -0.394. The Morgan fingerprint density at radius 3 is 2.33 bits per heavy atom. The Balaban J connectivity index is 2.48. The molecular weight excluding hydrogens is 298 g/mol. The van der Waals surface area contributed by atoms with Crippen LogP contribution in [0.1, 0.15) is 15.9 Å². The molecule has 9 heteroatoms. The molecule has 1 aromatic rings. The lowest BCUT2D eigenvalue weighted by atomic mass is 10.0. The van der Waals surface area contributed by atoms with Gasteiger partial charge in [-0.3, -0.25) is 25.0 Å². The van der Waals surface area contributed by atoms with Crippen LogP contribution in [0.2, 0.25) is 0 Å². The van der Waals surface area contributed by atoms with Gasteiger partial charge < -0.3 is 4.90 Å². The number of thioether (sulfide) groups is 1. The number of carbonyl (C=O) groups is 1. The summed E-state index contributed by atoms with van der Waals surface area (Å²) in [6, 6.07) is 2.00. The molecule has 112 valence electrons. The van der Waals surface area contributed by atoms with Crippen molar-refractivity contribution >= 4 is 29.0 Å². The molecule has 8 nitrogen and oxygen atoms in total. The lowest BCUT2D eigenvalue weighted by Gasteiger charge is -2.26. The summed E-state index contributed by atoms with van der Waals surface area (Å²) in [5.74, 6) is 1.20. The van der Waals surface area contributed by atoms with Gasteiger partial charge in [-0.2, -0.15) is 11.8 Å². The first-order valence-corrected chi connectivity index (χ1v) is 7.37. The minimum atomic E-state index is -0.727. The van der Waals surface area contributed by atoms with Gasteiger partial charge in [-0.15, -0.1) is 0 Å². The van der Waals surface area contributed by atoms with E-state index in [2.05, 4.69) is 0 Å². The molecule has 0 spiro atoms. The van der Waals surface area contributed by atoms with Crippen molar-refractivity contribution in [3.63, 3.8) is 0 Å². The second-order valence-electron chi connectivity index (χ2n) is 4.56. The zero-order chi connectivity index (χ0) is 15.6. The Bertz CT molecular complexity index is 613. The third-order valence-electron chi connectivity index (χ3n) is 3.30. The van der Waals surface area contributed by atoms with Gasteiger partial charge in [-0.1, -0.05) is 0 Å². The van der Waals surface area contributed by atoms with Crippen molar-refractivity contribution in [2.75, 3.05) is 24.6 Å². The summed E-state index contributed by atoms with van der Waals surface area (Å²) < 4.78 is 0. The summed E-state index contributed by atoms with van der Waals surface area (Å²) in [6.45, 7) is 2.52. The molecule has 1 aromatic carbocycles. The largest absolute Gasteiger partial charge is 0.337 e. The van der Waals surface area contributed by atoms with E-state index in [0.717, 1.165) is 23.6 Å². The van der Waals surface area contributed by atoms with E-state index in [4.69, 9.17) is 0 Å². The summed E-state index contributed by atoms with van der Waals surface area (Å²) in [5.41, 5.74) is -0.655. The lowest BCUT2D eigenvalue weighted by Crippen LogP contribution is -2.38. The van der Waals surface area contributed by atoms with Gasteiger partial charge in [-0.05, 0) is 6.92 Å². The molecule has 0 aromatic heterocycles. The predicted molar refractivity (Wildman–Crippen MR) is 77.7 cm³/mol. The van der Waals surface area contributed by atoms with Crippen LogP contribution in [0.25, 0.3) is 0 Å². The summed E-state index contributed by atoms with van der Waals surface area (Å²) in [6.07, 6.45) is 0. The van der Waals surface area contributed by atoms with E-state index in [1.165, 1.54) is 6.92 Å². The summed E-state index contributed by atoms with van der Waals surface area (Å²) >= 11 is 1.72. The van der Waals surface area contributed by atoms with Gasteiger partial charge in [0.2, 0.25) is 0 Å². The molecule has 0 unspecified atom stereocenters. The quantitative estimate of drug-likeness (QED) is 0.624. The Labute approximate surface area is 124 Å². The molecule has 2 rings (SSSR count). The van der Waals surface area contributed by atoms with Crippen LogP contribution in [0, 0.1) is 27.2 Å². The molecule has 0 N–H and O–H groups in total. The average Bonchev–Trinajstić information content (AvgIpc) is 2.47. The minimum absolute atomic E-state index is 0.0304. The van der Waals surface area contributed by atoms with Crippen molar-refractivity contribution in [3.05, 3.63) is 43.5 Å². The molecule has 1 saturated heterocycles. The normalized spacial score (nSPS) is 14.8. The third-order valence-corrected chi connectivity index (χ3v) is 4.24. The molecular formula is C12H13N3O5S. The zero-order valence-corrected chi connectivity index (χ0v) is 12.1. The van der Waals surface area contributed by atoms with Crippen molar-refractivity contribution in [1.29, 1.82) is 0 Å². The van der Waals surface area contributed by atoms with E-state index in [0.29, 0.717) is 13.1 Å². The van der Waals surface area contributed by atoms with Crippen LogP contribution in [0.4, 0.5) is 11.4 Å². The van der Waals surface area contributed by atoms with Crippen LogP contribution >= 0.6 is 11.8 Å². The molecule has 1 aliphatic heterocycles. The highest BCUT2D eigenvalue weighted by atomic mass is 32.2. The molecule has 1 amide bonds. The van der Waals surface area contributed by atoms with Gasteiger partial charge in [0.15, 0.2) is 0 Å². The zero-order valence-electron chi connectivity index (χ0n) is 11.3. The van der Waals surface area contributed by atoms with Crippen molar-refractivity contribution in [2.45, 2.75) is 6.92 Å². The molecule has 1 heterocycles. The van der Waals surface area contributed by atoms with E-state index in [1.807, 2.05) is 0 Å². The van der Waals surface area contributed by atoms with Crippen molar-refractivity contribution in [1.82, 2.24) is 4.90 Å². The van der Waals surface area contributed by atoms with Crippen molar-refractivity contribution in [2.24, 2.45) is 0 Å². The van der Waals surface area contributed by atoms with Gasteiger partial charge in [0.05, 0.1) is 21.5 Å². The smallest absolute Gasteiger partial charge is 0.279 e. The maximum Gasteiger partial charge on any atom is 0.279 e. The summed E-state index contributed by atoms with van der Waals surface area (Å²) in [4.78, 5) is 34.5. The Hall–Kier alpha value is -2.16. The van der Waals surface area contributed by atoms with Gasteiger partial charge in [0.1, 0.15) is 0 Å². The number of rotatable bonds is 3. The van der Waals surface area contributed by atoms with Crippen LogP contribution in [0.3, 0.4) is 0 Å². The van der Waals surface area contributed by atoms with Crippen molar-refractivity contribution in [3.8, 4) is 0 Å². The standard InChI is InChI=1S/C12H13N3O5S/c1-8-10(12(16)13-2-4-21-5-3-13)6-9(14(17)18)7-11(8)15(19)20/h6-7H,2-5H2,1H3. The fourth-order valence-electron chi connectivity index (χ4n) is 2.14. The number of amides is 1. The first-order chi connectivity index (χ1) is 9.91. The first kappa shape index (κ1) is 15.2. The molecule has 21 heavy (non-hydrogen) atoms. The second kappa shape index (κ2) is 6.08. The molecule has 0 bridgehead atoms.